The number of hydrogen-bond acceptors (Lipinski definition) is 2. The van der Waals surface area contributed by atoms with Gasteiger partial charge in [0.15, 0.2) is 0 Å². The summed E-state index contributed by atoms with van der Waals surface area (Å²) in [6, 6.07) is 8.98. The van der Waals surface area contributed by atoms with Crippen molar-refractivity contribution < 1.29 is 4.79 Å². The third-order valence-corrected chi connectivity index (χ3v) is 5.11. The van der Waals surface area contributed by atoms with Gasteiger partial charge in [-0.3, -0.25) is 4.79 Å². The summed E-state index contributed by atoms with van der Waals surface area (Å²) >= 11 is 0. The van der Waals surface area contributed by atoms with Crippen LogP contribution in [-0.4, -0.2) is 36.5 Å². The van der Waals surface area contributed by atoms with Crippen LogP contribution in [0.1, 0.15) is 53.9 Å². The minimum Gasteiger partial charge on any atom is -0.339 e. The highest BCUT2D eigenvalue weighted by Crippen LogP contribution is 2.42. The molecule has 1 aromatic carbocycles. The summed E-state index contributed by atoms with van der Waals surface area (Å²) in [5, 5.41) is 3.68. The Morgan fingerprint density at radius 2 is 2.00 bits per heavy atom. The Hall–Kier alpha value is -1.06. The largest absolute Gasteiger partial charge is 0.339 e. The summed E-state index contributed by atoms with van der Waals surface area (Å²) in [6.45, 7) is 3.05. The van der Waals surface area contributed by atoms with Crippen molar-refractivity contribution in [3.8, 4) is 0 Å². The second kappa shape index (κ2) is 6.59. The molecule has 1 heterocycles. The Morgan fingerprint density at radius 3 is 2.73 bits per heavy atom. The van der Waals surface area contributed by atoms with Crippen molar-refractivity contribution in [2.24, 2.45) is 5.92 Å². The van der Waals surface area contributed by atoms with E-state index in [1.807, 2.05) is 11.0 Å². The number of benzene rings is 1. The summed E-state index contributed by atoms with van der Waals surface area (Å²) in [4.78, 5) is 14.5. The SMILES string of the molecule is Cl.O=C(c1cccc([C@@H]2C[C@H]2NCC2CC2)c1)N1CCCC1. The molecule has 0 aromatic heterocycles. The molecule has 0 unspecified atom stereocenters. The van der Waals surface area contributed by atoms with Gasteiger partial charge in [0.2, 0.25) is 0 Å². The highest BCUT2D eigenvalue weighted by atomic mass is 35.5. The molecule has 1 aromatic rings. The van der Waals surface area contributed by atoms with Crippen molar-refractivity contribution in [2.45, 2.75) is 44.1 Å². The lowest BCUT2D eigenvalue weighted by Gasteiger charge is -2.15. The van der Waals surface area contributed by atoms with Crippen LogP contribution in [0.15, 0.2) is 24.3 Å². The zero-order valence-corrected chi connectivity index (χ0v) is 13.8. The lowest BCUT2D eigenvalue weighted by molar-refractivity contribution is 0.0792. The molecule has 0 bridgehead atoms. The van der Waals surface area contributed by atoms with Crippen LogP contribution in [0, 0.1) is 5.92 Å². The molecule has 1 N–H and O–H groups in total. The maximum atomic E-state index is 12.5. The number of halogens is 1. The van der Waals surface area contributed by atoms with Crippen LogP contribution < -0.4 is 5.32 Å². The first kappa shape index (κ1) is 15.8. The lowest BCUT2D eigenvalue weighted by Crippen LogP contribution is -2.27. The fraction of sp³-hybridized carbons (Fsp3) is 0.611. The van der Waals surface area contributed by atoms with E-state index in [2.05, 4.69) is 23.5 Å². The average Bonchev–Trinajstić information content (AvgIpc) is 3.43. The molecule has 2 saturated carbocycles. The monoisotopic (exact) mass is 320 g/mol. The molecule has 1 aliphatic heterocycles. The predicted octanol–water partition coefficient (Wildman–Crippen LogP) is 3.20. The molecule has 0 spiro atoms. The summed E-state index contributed by atoms with van der Waals surface area (Å²) in [7, 11) is 0. The maximum Gasteiger partial charge on any atom is 0.253 e. The molecule has 120 valence electrons. The quantitative estimate of drug-likeness (QED) is 0.903. The van der Waals surface area contributed by atoms with E-state index in [4.69, 9.17) is 0 Å². The molecule has 4 heteroatoms. The number of hydrogen-bond donors (Lipinski definition) is 1. The van der Waals surface area contributed by atoms with E-state index in [0.717, 1.165) is 37.4 Å². The summed E-state index contributed by atoms with van der Waals surface area (Å²) in [6.07, 6.45) is 6.35. The fourth-order valence-corrected chi connectivity index (χ4v) is 3.43. The van der Waals surface area contributed by atoms with Gasteiger partial charge in [-0.1, -0.05) is 12.1 Å². The third kappa shape index (κ3) is 3.47. The van der Waals surface area contributed by atoms with Crippen LogP contribution >= 0.6 is 12.4 Å². The van der Waals surface area contributed by atoms with E-state index in [1.54, 1.807) is 0 Å². The van der Waals surface area contributed by atoms with E-state index >= 15 is 0 Å². The number of carbonyl (C=O) groups excluding carboxylic acids is 1. The van der Waals surface area contributed by atoms with Gasteiger partial charge in [0.05, 0.1) is 0 Å². The van der Waals surface area contributed by atoms with Gasteiger partial charge in [-0.15, -0.1) is 12.4 Å². The van der Waals surface area contributed by atoms with E-state index in [9.17, 15) is 4.79 Å². The van der Waals surface area contributed by atoms with E-state index in [1.165, 1.54) is 31.4 Å². The van der Waals surface area contributed by atoms with Crippen molar-refractivity contribution in [3.63, 3.8) is 0 Å². The van der Waals surface area contributed by atoms with Crippen LogP contribution in [0.2, 0.25) is 0 Å². The molecule has 4 rings (SSSR count). The molecule has 3 fully saturated rings. The predicted molar refractivity (Wildman–Crippen MR) is 90.7 cm³/mol. The number of likely N-dealkylation sites (tertiary alicyclic amines) is 1. The molecule has 1 saturated heterocycles. The average molecular weight is 321 g/mol. The second-order valence-corrected chi connectivity index (χ2v) is 6.93. The van der Waals surface area contributed by atoms with Crippen molar-refractivity contribution in [1.82, 2.24) is 10.2 Å². The topological polar surface area (TPSA) is 32.3 Å². The summed E-state index contributed by atoms with van der Waals surface area (Å²) in [5.74, 6) is 1.78. The minimum absolute atomic E-state index is 0. The van der Waals surface area contributed by atoms with E-state index in [0.29, 0.717) is 12.0 Å². The Balaban J connectivity index is 0.00000144. The van der Waals surface area contributed by atoms with Crippen LogP contribution in [0.4, 0.5) is 0 Å². The Labute approximate surface area is 138 Å². The Kier molecular flexibility index (Phi) is 4.74. The second-order valence-electron chi connectivity index (χ2n) is 6.93. The molecule has 2 atom stereocenters. The molecule has 0 radical (unpaired) electrons. The van der Waals surface area contributed by atoms with Crippen LogP contribution in [0.5, 0.6) is 0 Å². The highest BCUT2D eigenvalue weighted by Gasteiger charge is 2.39. The van der Waals surface area contributed by atoms with Gasteiger partial charge in [0.25, 0.3) is 5.91 Å². The van der Waals surface area contributed by atoms with Gasteiger partial charge >= 0.3 is 0 Å². The van der Waals surface area contributed by atoms with E-state index in [-0.39, 0.29) is 18.3 Å². The number of rotatable bonds is 5. The Bertz CT molecular complexity index is 538. The van der Waals surface area contributed by atoms with Gasteiger partial charge in [-0.25, -0.2) is 0 Å². The van der Waals surface area contributed by atoms with Crippen molar-refractivity contribution in [1.29, 1.82) is 0 Å². The highest BCUT2D eigenvalue weighted by molar-refractivity contribution is 5.94. The van der Waals surface area contributed by atoms with Gasteiger partial charge in [0, 0.05) is 30.6 Å². The molecule has 1 amide bonds. The van der Waals surface area contributed by atoms with Gasteiger partial charge in [-0.2, -0.15) is 0 Å². The number of carbonyl (C=O) groups is 1. The van der Waals surface area contributed by atoms with Crippen LogP contribution in [0.25, 0.3) is 0 Å². The van der Waals surface area contributed by atoms with Crippen molar-refractivity contribution >= 4 is 18.3 Å². The van der Waals surface area contributed by atoms with Crippen molar-refractivity contribution in [2.75, 3.05) is 19.6 Å². The summed E-state index contributed by atoms with van der Waals surface area (Å²) < 4.78 is 0. The number of amides is 1. The first-order valence-electron chi connectivity index (χ1n) is 8.44. The van der Waals surface area contributed by atoms with Crippen LogP contribution in [-0.2, 0) is 0 Å². The zero-order valence-electron chi connectivity index (χ0n) is 13.0. The number of nitrogens with zero attached hydrogens (tertiary/aromatic N) is 1. The maximum absolute atomic E-state index is 12.5. The fourth-order valence-electron chi connectivity index (χ4n) is 3.43. The van der Waals surface area contributed by atoms with Gasteiger partial charge in [-0.05, 0) is 62.3 Å². The molecule has 3 nitrogen and oxygen atoms in total. The van der Waals surface area contributed by atoms with Gasteiger partial charge < -0.3 is 10.2 Å². The first-order valence-corrected chi connectivity index (χ1v) is 8.44. The Morgan fingerprint density at radius 1 is 1.23 bits per heavy atom. The minimum atomic E-state index is 0. The lowest BCUT2D eigenvalue weighted by atomic mass is 10.1. The number of nitrogens with one attached hydrogen (secondary N) is 1. The molecule has 2 aliphatic carbocycles. The van der Waals surface area contributed by atoms with Crippen LogP contribution in [0.3, 0.4) is 0 Å². The van der Waals surface area contributed by atoms with Crippen molar-refractivity contribution in [3.05, 3.63) is 35.4 Å². The molecular formula is C18H25ClN2O. The first-order chi connectivity index (χ1) is 10.3. The normalized spacial score (nSPS) is 26.6. The standard InChI is InChI=1S/C18H24N2O.ClH/c21-18(20-8-1-2-9-20)15-5-3-4-14(10-15)16-11-17(16)19-12-13-6-7-13;/h3-5,10,13,16-17,19H,1-2,6-9,11-12H2;1H/t16-,17+;/m0./s1. The molecule has 22 heavy (non-hydrogen) atoms. The molecular weight excluding hydrogens is 296 g/mol. The summed E-state index contributed by atoms with van der Waals surface area (Å²) in [5.41, 5.74) is 2.22. The smallest absolute Gasteiger partial charge is 0.253 e. The van der Waals surface area contributed by atoms with Gasteiger partial charge in [0.1, 0.15) is 0 Å². The molecule has 3 aliphatic rings. The zero-order chi connectivity index (χ0) is 14.2. The van der Waals surface area contributed by atoms with E-state index < -0.39 is 0 Å². The third-order valence-electron chi connectivity index (χ3n) is 5.11.